The van der Waals surface area contributed by atoms with Crippen molar-refractivity contribution in [3.63, 3.8) is 0 Å². The van der Waals surface area contributed by atoms with Gasteiger partial charge in [0.25, 0.3) is 0 Å². The van der Waals surface area contributed by atoms with Crippen LogP contribution in [0.3, 0.4) is 0 Å². The van der Waals surface area contributed by atoms with Crippen LogP contribution < -0.4 is 9.64 Å². The third-order valence-electron chi connectivity index (χ3n) is 5.76. The van der Waals surface area contributed by atoms with Gasteiger partial charge in [0.05, 0.1) is 0 Å². The summed E-state index contributed by atoms with van der Waals surface area (Å²) in [7, 11) is 0. The lowest BCUT2D eigenvalue weighted by molar-refractivity contribution is 0.00619. The molecule has 0 amide bonds. The lowest BCUT2D eigenvalue weighted by Gasteiger charge is -2.41. The molecule has 2 heterocycles. The lowest BCUT2D eigenvalue weighted by Crippen LogP contribution is -2.49. The van der Waals surface area contributed by atoms with Crippen molar-refractivity contribution in [3.8, 4) is 5.75 Å². The van der Waals surface area contributed by atoms with Crippen LogP contribution in [-0.4, -0.2) is 36.8 Å². The number of benzene rings is 2. The molecule has 1 unspecified atom stereocenters. The summed E-state index contributed by atoms with van der Waals surface area (Å²) in [6.07, 6.45) is 4.41. The maximum Gasteiger partial charge on any atom is 0.152 e. The van der Waals surface area contributed by atoms with Gasteiger partial charge >= 0.3 is 0 Å². The van der Waals surface area contributed by atoms with Crippen molar-refractivity contribution in [3.05, 3.63) is 58.3 Å². The van der Waals surface area contributed by atoms with Crippen LogP contribution in [0.15, 0.2) is 46.9 Å². The number of likely N-dealkylation sites (tertiary alicyclic amines) is 1. The van der Waals surface area contributed by atoms with Gasteiger partial charge in [0.1, 0.15) is 11.6 Å². The number of anilines is 1. The zero-order valence-corrected chi connectivity index (χ0v) is 17.3. The molecule has 3 nitrogen and oxygen atoms in total. The Hall–Kier alpha value is -1.59. The second-order valence-corrected chi connectivity index (χ2v) is 8.33. The smallest absolute Gasteiger partial charge is 0.152 e. The second kappa shape index (κ2) is 8.19. The minimum absolute atomic E-state index is 0.0522. The van der Waals surface area contributed by atoms with Crippen LogP contribution in [0, 0.1) is 5.82 Å². The monoisotopic (exact) mass is 432 g/mol. The Morgan fingerprint density at radius 3 is 2.56 bits per heavy atom. The first kappa shape index (κ1) is 18.8. The Labute approximate surface area is 169 Å². The Morgan fingerprint density at radius 1 is 1.11 bits per heavy atom. The van der Waals surface area contributed by atoms with E-state index in [1.165, 1.54) is 23.4 Å². The molecule has 0 N–H and O–H groups in total. The Bertz CT molecular complexity index is 774. The molecule has 0 radical (unpaired) electrons. The zero-order chi connectivity index (χ0) is 18.8. The van der Waals surface area contributed by atoms with Crippen molar-refractivity contribution in [1.82, 2.24) is 4.90 Å². The van der Waals surface area contributed by atoms with Crippen molar-refractivity contribution >= 4 is 21.6 Å². The number of nitrogens with zero attached hydrogens (tertiary/aromatic N) is 2. The molecule has 5 heteroatoms. The maximum atomic E-state index is 13.1. The first-order valence-corrected chi connectivity index (χ1v) is 10.6. The predicted molar refractivity (Wildman–Crippen MR) is 111 cm³/mol. The van der Waals surface area contributed by atoms with Gasteiger partial charge in [-0.05, 0) is 67.6 Å². The van der Waals surface area contributed by atoms with E-state index in [4.69, 9.17) is 4.74 Å². The molecule has 4 rings (SSSR count). The van der Waals surface area contributed by atoms with Crippen LogP contribution in [0.5, 0.6) is 5.75 Å². The molecule has 2 aromatic rings. The molecule has 27 heavy (non-hydrogen) atoms. The summed E-state index contributed by atoms with van der Waals surface area (Å²) in [6.45, 7) is 5.34. The Morgan fingerprint density at radius 2 is 1.85 bits per heavy atom. The summed E-state index contributed by atoms with van der Waals surface area (Å²) < 4.78 is 20.4. The summed E-state index contributed by atoms with van der Waals surface area (Å²) in [5.41, 5.74) is 2.86. The van der Waals surface area contributed by atoms with Gasteiger partial charge < -0.3 is 9.64 Å². The molecular weight excluding hydrogens is 407 g/mol. The molecule has 0 saturated carbocycles. The highest BCUT2D eigenvalue weighted by Crippen LogP contribution is 2.35. The van der Waals surface area contributed by atoms with Crippen LogP contribution in [0.25, 0.3) is 0 Å². The topological polar surface area (TPSA) is 15.7 Å². The minimum Gasteiger partial charge on any atom is -0.475 e. The molecule has 0 bridgehead atoms. The molecule has 2 aromatic carbocycles. The van der Waals surface area contributed by atoms with E-state index >= 15 is 0 Å². The molecule has 1 saturated heterocycles. The quantitative estimate of drug-likeness (QED) is 0.642. The standard InChI is InChI=1S/C22H26BrFN2O/c1-2-22(27-20-7-5-18(24)6-8-20)25-12-10-19(11-13-25)26-14-9-16-3-4-17(23)15-21(16)26/h3-8,15,19,22H,2,9-14H2,1H3. The van der Waals surface area contributed by atoms with Gasteiger partial charge in [-0.2, -0.15) is 0 Å². The Balaban J connectivity index is 1.37. The Kier molecular flexibility index (Phi) is 5.69. The van der Waals surface area contributed by atoms with Crippen LogP contribution in [0.1, 0.15) is 31.7 Å². The molecular formula is C22H26BrFN2O. The highest BCUT2D eigenvalue weighted by atomic mass is 79.9. The normalized spacial score (nSPS) is 19.1. The van der Waals surface area contributed by atoms with Crippen LogP contribution in [0.4, 0.5) is 10.1 Å². The second-order valence-electron chi connectivity index (χ2n) is 7.42. The van der Waals surface area contributed by atoms with E-state index in [0.29, 0.717) is 6.04 Å². The molecule has 1 atom stereocenters. The fourth-order valence-corrected chi connectivity index (χ4v) is 4.68. The number of fused-ring (bicyclic) bond motifs is 1. The van der Waals surface area contributed by atoms with E-state index in [0.717, 1.165) is 55.5 Å². The highest BCUT2D eigenvalue weighted by molar-refractivity contribution is 9.10. The molecule has 2 aliphatic heterocycles. The average molecular weight is 433 g/mol. The van der Waals surface area contributed by atoms with E-state index in [1.807, 2.05) is 0 Å². The SMILES string of the molecule is CCC(Oc1ccc(F)cc1)N1CCC(N2CCc3ccc(Br)cc32)CC1. The van der Waals surface area contributed by atoms with Crippen molar-refractivity contribution in [2.45, 2.75) is 44.9 Å². The van der Waals surface area contributed by atoms with Gasteiger partial charge in [0.2, 0.25) is 0 Å². The summed E-state index contributed by atoms with van der Waals surface area (Å²) in [5, 5.41) is 0. The summed E-state index contributed by atoms with van der Waals surface area (Å²) in [4.78, 5) is 5.02. The fraction of sp³-hybridized carbons (Fsp3) is 0.455. The molecule has 1 fully saturated rings. The van der Waals surface area contributed by atoms with E-state index in [1.54, 1.807) is 12.1 Å². The fourth-order valence-electron chi connectivity index (χ4n) is 4.33. The van der Waals surface area contributed by atoms with Crippen LogP contribution in [-0.2, 0) is 6.42 Å². The number of rotatable bonds is 5. The number of halogens is 2. The summed E-state index contributed by atoms with van der Waals surface area (Å²) in [6, 6.07) is 13.6. The molecule has 0 aliphatic carbocycles. The third kappa shape index (κ3) is 4.14. The molecule has 2 aliphatic rings. The molecule has 0 spiro atoms. The minimum atomic E-state index is -0.228. The van der Waals surface area contributed by atoms with Gasteiger partial charge in [-0.25, -0.2) is 4.39 Å². The largest absolute Gasteiger partial charge is 0.475 e. The zero-order valence-electron chi connectivity index (χ0n) is 15.7. The average Bonchev–Trinajstić information content (AvgIpc) is 3.11. The lowest BCUT2D eigenvalue weighted by atomic mass is 10.0. The van der Waals surface area contributed by atoms with E-state index in [2.05, 4.69) is 50.9 Å². The van der Waals surface area contributed by atoms with Crippen LogP contribution >= 0.6 is 15.9 Å². The van der Waals surface area contributed by atoms with Crippen molar-refractivity contribution in [1.29, 1.82) is 0 Å². The van der Waals surface area contributed by atoms with Crippen molar-refractivity contribution < 1.29 is 9.13 Å². The van der Waals surface area contributed by atoms with Gasteiger partial charge in [-0.3, -0.25) is 4.90 Å². The third-order valence-corrected chi connectivity index (χ3v) is 6.25. The van der Waals surface area contributed by atoms with Crippen molar-refractivity contribution in [2.75, 3.05) is 24.5 Å². The van der Waals surface area contributed by atoms with Gasteiger partial charge in [0, 0.05) is 35.8 Å². The highest BCUT2D eigenvalue weighted by Gasteiger charge is 2.31. The molecule has 0 aromatic heterocycles. The van der Waals surface area contributed by atoms with Gasteiger partial charge in [-0.15, -0.1) is 0 Å². The maximum absolute atomic E-state index is 13.1. The van der Waals surface area contributed by atoms with E-state index < -0.39 is 0 Å². The molecule has 144 valence electrons. The number of hydrogen-bond donors (Lipinski definition) is 0. The van der Waals surface area contributed by atoms with Gasteiger partial charge in [0.15, 0.2) is 6.23 Å². The number of piperidine rings is 1. The van der Waals surface area contributed by atoms with E-state index in [-0.39, 0.29) is 12.0 Å². The van der Waals surface area contributed by atoms with Gasteiger partial charge in [-0.1, -0.05) is 28.9 Å². The number of hydrogen-bond acceptors (Lipinski definition) is 3. The first-order valence-electron chi connectivity index (χ1n) is 9.85. The predicted octanol–water partition coefficient (Wildman–Crippen LogP) is 5.23. The number of ether oxygens (including phenoxy) is 1. The van der Waals surface area contributed by atoms with Crippen molar-refractivity contribution in [2.24, 2.45) is 0 Å². The van der Waals surface area contributed by atoms with E-state index in [9.17, 15) is 4.39 Å². The summed E-state index contributed by atoms with van der Waals surface area (Å²) in [5.74, 6) is 0.512. The van der Waals surface area contributed by atoms with Crippen LogP contribution in [0.2, 0.25) is 0 Å². The summed E-state index contributed by atoms with van der Waals surface area (Å²) >= 11 is 3.62. The first-order chi connectivity index (χ1) is 13.1.